The van der Waals surface area contributed by atoms with E-state index in [9.17, 15) is 0 Å². The van der Waals surface area contributed by atoms with E-state index in [2.05, 4.69) is 288 Å². The summed E-state index contributed by atoms with van der Waals surface area (Å²) in [6, 6.07) is 104. The summed E-state index contributed by atoms with van der Waals surface area (Å²) in [6.45, 7) is 0. The van der Waals surface area contributed by atoms with Gasteiger partial charge >= 0.3 is 374 Å². The molecule has 0 aliphatic carbocycles. The Morgan fingerprint density at radius 3 is 1.01 bits per heavy atom. The molecular formula is C76H46N2Se. The molecule has 0 radical (unpaired) electrons. The van der Waals surface area contributed by atoms with Gasteiger partial charge in [0.2, 0.25) is 0 Å². The average molecular weight is 1070 g/mol. The summed E-state index contributed by atoms with van der Waals surface area (Å²) in [7, 11) is 0. The molecule has 0 aliphatic rings. The van der Waals surface area contributed by atoms with E-state index >= 15 is 0 Å². The van der Waals surface area contributed by atoms with Gasteiger partial charge in [0.05, 0.1) is 0 Å². The van der Waals surface area contributed by atoms with Gasteiger partial charge in [0.15, 0.2) is 0 Å². The van der Waals surface area contributed by atoms with E-state index in [1.165, 1.54) is 151 Å². The predicted octanol–water partition coefficient (Wildman–Crippen LogP) is 20.5. The van der Waals surface area contributed by atoms with Crippen LogP contribution in [0.1, 0.15) is 0 Å². The normalized spacial score (nSPS) is 12.1. The fraction of sp³-hybridized carbons (Fsp3) is 0. The minimum atomic E-state index is 0.138. The third-order valence-electron chi connectivity index (χ3n) is 16.9. The summed E-state index contributed by atoms with van der Waals surface area (Å²) in [5.41, 5.74) is 17.3. The van der Waals surface area contributed by atoms with Gasteiger partial charge in [-0.1, -0.05) is 54.6 Å². The second kappa shape index (κ2) is 17.4. The standard InChI is InChI=1S/C76H46N2Se/c1-3-21-49(22-4-1)77-65-37-17-15-33-60(65)75-62(35-19-39-67(75)77)73-56-29-11-7-25-52(56)71(53-26-8-12-30-57(53)73)47-42-44-69-64(45-47)51-43-41-48(46-70(51)79-69)72-54-27-9-13-31-58(54)74(59-32-14-10-28-55(59)72)63-36-20-40-68-76(63)61-34-16-18-38-66(61)78(68)50-23-5-2-6-24-50/h1-46H. The quantitative estimate of drug-likeness (QED) is 0.116. The number of hydrogen-bond acceptors (Lipinski definition) is 0. The van der Waals surface area contributed by atoms with E-state index in [0.29, 0.717) is 0 Å². The van der Waals surface area contributed by atoms with Crippen molar-refractivity contribution in [3.05, 3.63) is 279 Å². The Kier molecular flexibility index (Phi) is 9.76. The summed E-state index contributed by atoms with van der Waals surface area (Å²) < 4.78 is 7.72. The Labute approximate surface area is 461 Å². The molecule has 17 aromatic rings. The molecule has 0 bridgehead atoms. The van der Waals surface area contributed by atoms with Gasteiger partial charge in [-0.25, -0.2) is 0 Å². The molecule has 366 valence electrons. The molecule has 14 aromatic carbocycles. The van der Waals surface area contributed by atoms with Gasteiger partial charge in [-0.2, -0.15) is 0 Å². The SMILES string of the molecule is c1ccc(-n2c3ccccc3c3c(-c4c5ccccc5c(-c5ccc6c(c5)[se]c5ccc(-c7c8ccccc8c(-c8cccc9c8c8ccccc8n9-c8ccccc8)c8ccccc78)cc56)c5ccccc45)cccc32)cc1. The first kappa shape index (κ1) is 44.4. The van der Waals surface area contributed by atoms with Crippen LogP contribution < -0.4 is 0 Å². The third-order valence-corrected chi connectivity index (χ3v) is 19.3. The van der Waals surface area contributed by atoms with E-state index in [-0.39, 0.29) is 14.5 Å². The van der Waals surface area contributed by atoms with E-state index in [0.717, 1.165) is 11.4 Å². The minimum absolute atomic E-state index is 0.138. The van der Waals surface area contributed by atoms with Crippen LogP contribution in [-0.4, -0.2) is 23.6 Å². The molecule has 0 fully saturated rings. The summed E-state index contributed by atoms with van der Waals surface area (Å²) in [5, 5.41) is 17.9. The van der Waals surface area contributed by atoms with Crippen LogP contribution in [0.3, 0.4) is 0 Å². The van der Waals surface area contributed by atoms with Crippen molar-refractivity contribution in [1.82, 2.24) is 9.13 Å². The Morgan fingerprint density at radius 1 is 0.215 bits per heavy atom. The fourth-order valence-electron chi connectivity index (χ4n) is 13.7. The van der Waals surface area contributed by atoms with Crippen molar-refractivity contribution < 1.29 is 0 Å². The molecule has 0 saturated carbocycles. The smallest absolute Gasteiger partial charge is 0.0380 e. The van der Waals surface area contributed by atoms with Gasteiger partial charge < -0.3 is 0 Å². The monoisotopic (exact) mass is 1070 g/mol. The first-order valence-electron chi connectivity index (χ1n) is 27.2. The third kappa shape index (κ3) is 6.52. The van der Waals surface area contributed by atoms with Crippen LogP contribution in [0, 0.1) is 0 Å². The molecular weight excluding hydrogens is 1020 g/mol. The zero-order chi connectivity index (χ0) is 51.7. The first-order valence-corrected chi connectivity index (χ1v) is 29.0. The molecule has 79 heavy (non-hydrogen) atoms. The van der Waals surface area contributed by atoms with Gasteiger partial charge in [0.25, 0.3) is 0 Å². The molecule has 3 heteroatoms. The topological polar surface area (TPSA) is 9.86 Å². The molecule has 0 N–H and O–H groups in total. The number of fused-ring (bicyclic) bond motifs is 13. The first-order chi connectivity index (χ1) is 39.2. The number of para-hydroxylation sites is 4. The van der Waals surface area contributed by atoms with E-state index in [1.54, 1.807) is 0 Å². The van der Waals surface area contributed by atoms with Crippen LogP contribution in [0.2, 0.25) is 0 Å². The van der Waals surface area contributed by atoms with Gasteiger partial charge in [0.1, 0.15) is 0 Å². The van der Waals surface area contributed by atoms with Crippen molar-refractivity contribution in [3.8, 4) is 55.9 Å². The van der Waals surface area contributed by atoms with E-state index in [4.69, 9.17) is 0 Å². The Hall–Kier alpha value is -9.76. The van der Waals surface area contributed by atoms with Crippen molar-refractivity contribution >= 4 is 120 Å². The van der Waals surface area contributed by atoms with Crippen molar-refractivity contribution in [1.29, 1.82) is 0 Å². The van der Waals surface area contributed by atoms with Crippen molar-refractivity contribution in [3.63, 3.8) is 0 Å². The molecule has 0 aliphatic heterocycles. The van der Waals surface area contributed by atoms with Crippen molar-refractivity contribution in [2.75, 3.05) is 0 Å². The van der Waals surface area contributed by atoms with Crippen molar-refractivity contribution in [2.24, 2.45) is 0 Å². The number of nitrogens with zero attached hydrogens (tertiary/aromatic N) is 2. The van der Waals surface area contributed by atoms with Gasteiger partial charge in [-0.15, -0.1) is 0 Å². The zero-order valence-corrected chi connectivity index (χ0v) is 44.6. The fourth-order valence-corrected chi connectivity index (χ4v) is 16.1. The molecule has 0 spiro atoms. The Balaban J connectivity index is 0.840. The second-order valence-electron chi connectivity index (χ2n) is 21.0. The molecule has 3 heterocycles. The minimum Gasteiger partial charge on any atom is -0.0602 e. The van der Waals surface area contributed by atoms with E-state index in [1.807, 2.05) is 0 Å². The predicted molar refractivity (Wildman–Crippen MR) is 339 cm³/mol. The molecule has 3 aromatic heterocycles. The molecule has 2 nitrogen and oxygen atoms in total. The number of benzene rings is 14. The number of rotatable bonds is 6. The summed E-state index contributed by atoms with van der Waals surface area (Å²) >= 11 is 0.138. The maximum Gasteiger partial charge on any atom is -0.0380 e. The van der Waals surface area contributed by atoms with Crippen LogP contribution in [0.15, 0.2) is 279 Å². The van der Waals surface area contributed by atoms with E-state index < -0.39 is 0 Å². The summed E-state index contributed by atoms with van der Waals surface area (Å²) in [4.78, 5) is 0. The van der Waals surface area contributed by atoms with Crippen LogP contribution in [0.5, 0.6) is 0 Å². The summed E-state index contributed by atoms with van der Waals surface area (Å²) in [5.74, 6) is 0. The summed E-state index contributed by atoms with van der Waals surface area (Å²) in [6.07, 6.45) is 0. The maximum atomic E-state index is 2.52. The zero-order valence-electron chi connectivity index (χ0n) is 42.9. The molecule has 0 amide bonds. The molecule has 17 rings (SSSR count). The number of hydrogen-bond donors (Lipinski definition) is 0. The van der Waals surface area contributed by atoms with Crippen LogP contribution in [-0.2, 0) is 0 Å². The number of aromatic nitrogens is 2. The molecule has 0 unspecified atom stereocenters. The molecule has 0 atom stereocenters. The Bertz CT molecular complexity index is 5250. The molecule has 0 saturated heterocycles. The van der Waals surface area contributed by atoms with Gasteiger partial charge in [-0.05, 0) is 30.3 Å². The van der Waals surface area contributed by atoms with Crippen LogP contribution >= 0.6 is 0 Å². The Morgan fingerprint density at radius 2 is 0.570 bits per heavy atom. The average Bonchev–Trinajstić information content (AvgIpc) is 4.34. The van der Waals surface area contributed by atoms with Gasteiger partial charge in [-0.3, -0.25) is 0 Å². The van der Waals surface area contributed by atoms with Crippen LogP contribution in [0.4, 0.5) is 0 Å². The van der Waals surface area contributed by atoms with Gasteiger partial charge in [0, 0.05) is 5.69 Å². The maximum absolute atomic E-state index is 2.52. The largest absolute Gasteiger partial charge is 0.0602 e. The van der Waals surface area contributed by atoms with Crippen LogP contribution in [0.25, 0.3) is 162 Å². The van der Waals surface area contributed by atoms with Crippen molar-refractivity contribution in [2.45, 2.75) is 0 Å². The second-order valence-corrected chi connectivity index (χ2v) is 23.3.